The van der Waals surface area contributed by atoms with E-state index >= 15 is 0 Å². The first-order chi connectivity index (χ1) is 6.15. The van der Waals surface area contributed by atoms with Crippen molar-refractivity contribution in [3.8, 4) is 0 Å². The van der Waals surface area contributed by atoms with Gasteiger partial charge in [0.15, 0.2) is 0 Å². The molecule has 0 aliphatic heterocycles. The molecule has 0 spiro atoms. The Kier molecular flexibility index (Phi) is 5.45. The van der Waals surface area contributed by atoms with E-state index in [1.807, 2.05) is 0 Å². The molecule has 0 bridgehead atoms. The van der Waals surface area contributed by atoms with Gasteiger partial charge in [0.05, 0.1) is 5.56 Å². The molecule has 0 aromatic carbocycles. The Balaban J connectivity index is 0.00000169. The van der Waals surface area contributed by atoms with Gasteiger partial charge >= 0.3 is 5.97 Å². The van der Waals surface area contributed by atoms with Gasteiger partial charge in [0.1, 0.15) is 11.9 Å². The Morgan fingerprint density at radius 2 is 2.36 bits per heavy atom. The molecule has 14 heavy (non-hydrogen) atoms. The standard InChI is InChI=1S/C8H9ClN2O2.ClH/c1-5-2-6(3-11-7(5)9)8(12)13-4-10;/h2-3H,4,10H2,1H3;1H. The monoisotopic (exact) mass is 236 g/mol. The molecule has 0 amide bonds. The molecule has 1 aromatic heterocycles. The van der Waals surface area contributed by atoms with Crippen LogP contribution in [0.4, 0.5) is 0 Å². The number of rotatable bonds is 2. The Morgan fingerprint density at radius 1 is 1.71 bits per heavy atom. The first kappa shape index (κ1) is 13.2. The summed E-state index contributed by atoms with van der Waals surface area (Å²) in [7, 11) is 0. The molecule has 0 unspecified atom stereocenters. The third kappa shape index (κ3) is 3.14. The van der Waals surface area contributed by atoms with Gasteiger partial charge in [-0.1, -0.05) is 11.6 Å². The van der Waals surface area contributed by atoms with Crippen LogP contribution in [0.1, 0.15) is 15.9 Å². The van der Waals surface area contributed by atoms with Crippen molar-refractivity contribution in [1.82, 2.24) is 4.98 Å². The van der Waals surface area contributed by atoms with E-state index in [4.69, 9.17) is 17.3 Å². The molecule has 78 valence electrons. The van der Waals surface area contributed by atoms with E-state index < -0.39 is 5.97 Å². The van der Waals surface area contributed by atoms with Crippen molar-refractivity contribution < 1.29 is 9.53 Å². The van der Waals surface area contributed by atoms with E-state index in [2.05, 4.69) is 9.72 Å². The highest BCUT2D eigenvalue weighted by Crippen LogP contribution is 2.13. The number of hydrogen-bond donors (Lipinski definition) is 1. The van der Waals surface area contributed by atoms with Crippen molar-refractivity contribution in [3.05, 3.63) is 28.5 Å². The van der Waals surface area contributed by atoms with E-state index in [0.717, 1.165) is 5.56 Å². The number of carbonyl (C=O) groups excluding carboxylic acids is 1. The van der Waals surface area contributed by atoms with Gasteiger partial charge in [-0.3, -0.25) is 5.73 Å². The Labute approximate surface area is 92.8 Å². The summed E-state index contributed by atoms with van der Waals surface area (Å²) in [5.41, 5.74) is 6.13. The van der Waals surface area contributed by atoms with Crippen LogP contribution in [-0.4, -0.2) is 17.7 Å². The minimum absolute atomic E-state index is 0. The van der Waals surface area contributed by atoms with E-state index in [-0.39, 0.29) is 19.1 Å². The van der Waals surface area contributed by atoms with Crippen LogP contribution in [0.15, 0.2) is 12.3 Å². The molecule has 0 radical (unpaired) electrons. The predicted octanol–water partition coefficient (Wildman–Crippen LogP) is 1.54. The van der Waals surface area contributed by atoms with Crippen LogP contribution in [0, 0.1) is 6.92 Å². The maximum Gasteiger partial charge on any atom is 0.341 e. The number of esters is 1. The molecule has 0 saturated heterocycles. The molecule has 1 rings (SSSR count). The van der Waals surface area contributed by atoms with E-state index in [0.29, 0.717) is 10.7 Å². The first-order valence-corrected chi connectivity index (χ1v) is 4.02. The summed E-state index contributed by atoms with van der Waals surface area (Å²) in [6, 6.07) is 1.60. The molecule has 0 fully saturated rings. The second-order valence-corrected chi connectivity index (χ2v) is 2.79. The van der Waals surface area contributed by atoms with Crippen molar-refractivity contribution in [3.63, 3.8) is 0 Å². The number of carbonyl (C=O) groups is 1. The molecule has 6 heteroatoms. The average molecular weight is 237 g/mol. The summed E-state index contributed by atoms with van der Waals surface area (Å²) < 4.78 is 4.58. The number of aromatic nitrogens is 1. The van der Waals surface area contributed by atoms with Crippen LogP contribution >= 0.6 is 24.0 Å². The smallest absolute Gasteiger partial charge is 0.341 e. The number of nitrogens with two attached hydrogens (primary N) is 1. The fourth-order valence-electron chi connectivity index (χ4n) is 0.829. The van der Waals surface area contributed by atoms with Gasteiger partial charge in [-0.25, -0.2) is 9.78 Å². The van der Waals surface area contributed by atoms with Gasteiger partial charge in [0.25, 0.3) is 0 Å². The zero-order valence-corrected chi connectivity index (χ0v) is 9.06. The molecule has 0 aliphatic rings. The maximum absolute atomic E-state index is 11.1. The van der Waals surface area contributed by atoms with Gasteiger partial charge < -0.3 is 4.74 Å². The fourth-order valence-corrected chi connectivity index (χ4v) is 0.932. The number of aryl methyl sites for hydroxylation is 1. The first-order valence-electron chi connectivity index (χ1n) is 3.64. The molecule has 0 atom stereocenters. The highest BCUT2D eigenvalue weighted by molar-refractivity contribution is 6.30. The number of ether oxygens (including phenoxy) is 1. The molecular formula is C8H10Cl2N2O2. The van der Waals surface area contributed by atoms with Crippen molar-refractivity contribution in [2.24, 2.45) is 5.73 Å². The Bertz CT molecular complexity index is 331. The maximum atomic E-state index is 11.1. The lowest BCUT2D eigenvalue weighted by molar-refractivity contribution is 0.0515. The fraction of sp³-hybridized carbons (Fsp3) is 0.250. The quantitative estimate of drug-likeness (QED) is 0.481. The van der Waals surface area contributed by atoms with E-state index in [9.17, 15) is 4.79 Å². The third-order valence-corrected chi connectivity index (χ3v) is 1.86. The molecule has 1 aromatic rings. The molecule has 0 aliphatic carbocycles. The SMILES string of the molecule is Cc1cc(C(=O)OCN)cnc1Cl.Cl. The van der Waals surface area contributed by atoms with Crippen LogP contribution in [0.25, 0.3) is 0 Å². The average Bonchev–Trinajstić information content (AvgIpc) is 2.10. The molecule has 1 heterocycles. The van der Waals surface area contributed by atoms with Gasteiger partial charge in [0, 0.05) is 6.20 Å². The normalized spacial score (nSPS) is 9.07. The highest BCUT2D eigenvalue weighted by atomic mass is 35.5. The van der Waals surface area contributed by atoms with Crippen molar-refractivity contribution in [2.75, 3.05) is 6.73 Å². The predicted molar refractivity (Wildman–Crippen MR) is 55.7 cm³/mol. The number of halogens is 2. The van der Waals surface area contributed by atoms with Crippen LogP contribution in [0.2, 0.25) is 5.15 Å². The van der Waals surface area contributed by atoms with Gasteiger partial charge in [-0.05, 0) is 18.6 Å². The Hall–Kier alpha value is -0.840. The summed E-state index contributed by atoms with van der Waals surface area (Å²) >= 11 is 5.67. The molecule has 4 nitrogen and oxygen atoms in total. The second kappa shape index (κ2) is 5.80. The third-order valence-electron chi connectivity index (χ3n) is 1.46. The lowest BCUT2D eigenvalue weighted by Crippen LogP contribution is -2.12. The molecular weight excluding hydrogens is 227 g/mol. The summed E-state index contributed by atoms with van der Waals surface area (Å²) in [5.74, 6) is -0.491. The van der Waals surface area contributed by atoms with Crippen LogP contribution in [0.5, 0.6) is 0 Å². The largest absolute Gasteiger partial charge is 0.446 e. The zero-order valence-electron chi connectivity index (χ0n) is 7.49. The van der Waals surface area contributed by atoms with E-state index in [1.165, 1.54) is 6.20 Å². The van der Waals surface area contributed by atoms with Crippen LogP contribution in [0.3, 0.4) is 0 Å². The molecule has 0 saturated carbocycles. The number of hydrogen-bond acceptors (Lipinski definition) is 4. The highest BCUT2D eigenvalue weighted by Gasteiger charge is 2.08. The number of nitrogens with zero attached hydrogens (tertiary/aromatic N) is 1. The summed E-state index contributed by atoms with van der Waals surface area (Å²) in [4.78, 5) is 14.9. The van der Waals surface area contributed by atoms with Gasteiger partial charge in [0.2, 0.25) is 0 Å². The lowest BCUT2D eigenvalue weighted by Gasteiger charge is -2.02. The summed E-state index contributed by atoms with van der Waals surface area (Å²) in [5, 5.41) is 0.379. The minimum Gasteiger partial charge on any atom is -0.446 e. The second-order valence-electron chi connectivity index (χ2n) is 2.43. The van der Waals surface area contributed by atoms with Gasteiger partial charge in [-0.15, -0.1) is 12.4 Å². The summed E-state index contributed by atoms with van der Waals surface area (Å²) in [6.45, 7) is 1.62. The van der Waals surface area contributed by atoms with Crippen molar-refractivity contribution in [2.45, 2.75) is 6.92 Å². The zero-order chi connectivity index (χ0) is 9.84. The van der Waals surface area contributed by atoms with Crippen molar-refractivity contribution >= 4 is 30.0 Å². The molecule has 2 N–H and O–H groups in total. The van der Waals surface area contributed by atoms with Crippen LogP contribution < -0.4 is 5.73 Å². The lowest BCUT2D eigenvalue weighted by atomic mass is 10.2. The topological polar surface area (TPSA) is 65.2 Å². The minimum atomic E-state index is -0.491. The van der Waals surface area contributed by atoms with Crippen LogP contribution in [-0.2, 0) is 4.74 Å². The van der Waals surface area contributed by atoms with E-state index in [1.54, 1.807) is 13.0 Å². The number of pyridine rings is 1. The Morgan fingerprint density at radius 3 is 2.86 bits per heavy atom. The van der Waals surface area contributed by atoms with Gasteiger partial charge in [-0.2, -0.15) is 0 Å². The summed E-state index contributed by atoms with van der Waals surface area (Å²) in [6.07, 6.45) is 1.35. The van der Waals surface area contributed by atoms with Crippen molar-refractivity contribution in [1.29, 1.82) is 0 Å².